The first-order valence-electron chi connectivity index (χ1n) is 11.5. The summed E-state index contributed by atoms with van der Waals surface area (Å²) in [6.45, 7) is 3.71. The molecule has 3 aromatic rings. The van der Waals surface area contributed by atoms with Crippen molar-refractivity contribution in [2.45, 2.75) is 32.7 Å². The number of benzene rings is 2. The third-order valence-corrected chi connectivity index (χ3v) is 6.56. The summed E-state index contributed by atoms with van der Waals surface area (Å²) in [4.78, 5) is 46.0. The fraction of sp³-hybridized carbons (Fsp3) is 0.308. The minimum absolute atomic E-state index is 0.0280. The van der Waals surface area contributed by atoms with Crippen LogP contribution in [0.2, 0.25) is 0 Å². The number of aromatic nitrogens is 1. The average molecular weight is 477 g/mol. The van der Waals surface area contributed by atoms with E-state index in [1.807, 2.05) is 30.0 Å². The number of carbonyl (C=O) groups excluding carboxylic acids is 3. The van der Waals surface area contributed by atoms with Crippen molar-refractivity contribution in [3.05, 3.63) is 82.4 Å². The van der Waals surface area contributed by atoms with E-state index in [4.69, 9.17) is 0 Å². The Bertz CT molecular complexity index is 1160. The van der Waals surface area contributed by atoms with Crippen LogP contribution in [-0.2, 0) is 29.0 Å². The summed E-state index contributed by atoms with van der Waals surface area (Å²) in [7, 11) is 0. The molecule has 8 heteroatoms. The molecule has 1 aliphatic rings. The van der Waals surface area contributed by atoms with Crippen LogP contribution in [0.25, 0.3) is 0 Å². The van der Waals surface area contributed by atoms with Crippen LogP contribution >= 0.6 is 11.3 Å². The minimum atomic E-state index is -0.308. The van der Waals surface area contributed by atoms with E-state index in [1.54, 1.807) is 29.6 Å². The van der Waals surface area contributed by atoms with Gasteiger partial charge in [-0.3, -0.25) is 14.4 Å². The number of thiazole rings is 1. The second-order valence-electron chi connectivity index (χ2n) is 8.30. The number of nitrogens with one attached hydrogen (secondary N) is 1. The second kappa shape index (κ2) is 11.1. The second-order valence-corrected chi connectivity index (χ2v) is 9.15. The molecule has 0 unspecified atom stereocenters. The Morgan fingerprint density at radius 1 is 1.06 bits per heavy atom. The topological polar surface area (TPSA) is 82.6 Å². The molecule has 176 valence electrons. The van der Waals surface area contributed by atoms with Gasteiger partial charge in [0, 0.05) is 30.6 Å². The minimum Gasteiger partial charge on any atom is -0.338 e. The number of hydrogen-bond donors (Lipinski definition) is 1. The fourth-order valence-electron chi connectivity index (χ4n) is 4.04. The van der Waals surface area contributed by atoms with Gasteiger partial charge >= 0.3 is 0 Å². The highest BCUT2D eigenvalue weighted by Gasteiger charge is 2.22. The van der Waals surface area contributed by atoms with Gasteiger partial charge in [0.2, 0.25) is 11.8 Å². The molecule has 2 aromatic carbocycles. The lowest BCUT2D eigenvalue weighted by molar-refractivity contribution is -0.131. The normalized spacial score (nSPS) is 12.7. The van der Waals surface area contributed by atoms with Gasteiger partial charge in [0.25, 0.3) is 5.91 Å². The molecular weight excluding hydrogens is 448 g/mol. The van der Waals surface area contributed by atoms with Crippen molar-refractivity contribution in [3.63, 3.8) is 0 Å². The molecule has 1 N–H and O–H groups in total. The molecule has 1 aromatic heterocycles. The largest absolute Gasteiger partial charge is 0.338 e. The Balaban J connectivity index is 1.31. The molecule has 3 amide bonds. The van der Waals surface area contributed by atoms with Crippen LogP contribution in [0.5, 0.6) is 0 Å². The summed E-state index contributed by atoms with van der Waals surface area (Å²) >= 11 is 1.28. The highest BCUT2D eigenvalue weighted by atomic mass is 32.1. The van der Waals surface area contributed by atoms with Gasteiger partial charge < -0.3 is 15.1 Å². The lowest BCUT2D eigenvalue weighted by Gasteiger charge is -2.28. The van der Waals surface area contributed by atoms with Crippen LogP contribution in [0, 0.1) is 0 Å². The first-order valence-corrected chi connectivity index (χ1v) is 12.3. The summed E-state index contributed by atoms with van der Waals surface area (Å²) in [5, 5.41) is 5.00. The van der Waals surface area contributed by atoms with Crippen LogP contribution in [0.4, 0.5) is 5.13 Å². The van der Waals surface area contributed by atoms with E-state index in [-0.39, 0.29) is 30.7 Å². The van der Waals surface area contributed by atoms with Crippen LogP contribution in [0.3, 0.4) is 0 Å². The van der Waals surface area contributed by atoms with E-state index in [9.17, 15) is 14.4 Å². The number of carbonyl (C=O) groups is 3. The Morgan fingerprint density at radius 2 is 1.79 bits per heavy atom. The van der Waals surface area contributed by atoms with Gasteiger partial charge in [-0.2, -0.15) is 0 Å². The smallest absolute Gasteiger partial charge is 0.254 e. The molecule has 0 fully saturated rings. The third kappa shape index (κ3) is 5.88. The van der Waals surface area contributed by atoms with Crippen molar-refractivity contribution in [3.8, 4) is 0 Å². The summed E-state index contributed by atoms with van der Waals surface area (Å²) < 4.78 is 0. The van der Waals surface area contributed by atoms with Gasteiger partial charge in [-0.05, 0) is 36.1 Å². The highest BCUT2D eigenvalue weighted by molar-refractivity contribution is 7.13. The van der Waals surface area contributed by atoms with Crippen molar-refractivity contribution < 1.29 is 14.4 Å². The SMILES string of the molecule is CCCN(CC(=O)Nc1nc(CC(=O)N2CCc3ccccc3C2)cs1)C(=O)c1ccccc1. The van der Waals surface area contributed by atoms with Gasteiger partial charge in [-0.25, -0.2) is 4.98 Å². The molecular formula is C26H28N4O3S. The molecule has 4 rings (SSSR count). The summed E-state index contributed by atoms with van der Waals surface area (Å²) in [6, 6.07) is 17.1. The molecule has 0 spiro atoms. The average Bonchev–Trinajstić information content (AvgIpc) is 3.29. The van der Waals surface area contributed by atoms with Crippen molar-refractivity contribution in [1.82, 2.24) is 14.8 Å². The van der Waals surface area contributed by atoms with Gasteiger partial charge in [-0.15, -0.1) is 11.3 Å². The molecule has 0 aliphatic carbocycles. The maximum absolute atomic E-state index is 12.8. The molecule has 34 heavy (non-hydrogen) atoms. The lowest BCUT2D eigenvalue weighted by atomic mass is 10.00. The van der Waals surface area contributed by atoms with Gasteiger partial charge in [0.05, 0.1) is 12.1 Å². The molecule has 0 atom stereocenters. The van der Waals surface area contributed by atoms with E-state index in [0.717, 1.165) is 12.8 Å². The Kier molecular flexibility index (Phi) is 7.69. The molecule has 0 saturated heterocycles. The monoisotopic (exact) mass is 476 g/mol. The van der Waals surface area contributed by atoms with Gasteiger partial charge in [-0.1, -0.05) is 49.4 Å². The highest BCUT2D eigenvalue weighted by Crippen LogP contribution is 2.21. The number of nitrogens with zero attached hydrogens (tertiary/aromatic N) is 3. The van der Waals surface area contributed by atoms with E-state index < -0.39 is 0 Å². The van der Waals surface area contributed by atoms with Crippen molar-refractivity contribution in [2.24, 2.45) is 0 Å². The van der Waals surface area contributed by atoms with E-state index in [1.165, 1.54) is 27.4 Å². The van der Waals surface area contributed by atoms with Gasteiger partial charge in [0.15, 0.2) is 5.13 Å². The molecule has 1 aliphatic heterocycles. The quantitative estimate of drug-likeness (QED) is 0.537. The maximum Gasteiger partial charge on any atom is 0.254 e. The molecule has 2 heterocycles. The number of rotatable bonds is 8. The van der Waals surface area contributed by atoms with E-state index in [0.29, 0.717) is 36.0 Å². The molecule has 0 radical (unpaired) electrons. The molecule has 7 nitrogen and oxygen atoms in total. The zero-order valence-corrected chi connectivity index (χ0v) is 20.0. The van der Waals surface area contributed by atoms with Crippen LogP contribution in [0.15, 0.2) is 60.0 Å². The molecule has 0 saturated carbocycles. The summed E-state index contributed by atoms with van der Waals surface area (Å²) in [5.41, 5.74) is 3.68. The lowest BCUT2D eigenvalue weighted by Crippen LogP contribution is -2.38. The summed E-state index contributed by atoms with van der Waals surface area (Å²) in [6.07, 6.45) is 1.80. The number of hydrogen-bond acceptors (Lipinski definition) is 5. The Labute approximate surface area is 203 Å². The van der Waals surface area contributed by atoms with Crippen molar-refractivity contribution in [2.75, 3.05) is 25.0 Å². The zero-order chi connectivity index (χ0) is 23.9. The first-order chi connectivity index (χ1) is 16.5. The van der Waals surface area contributed by atoms with Crippen molar-refractivity contribution in [1.29, 1.82) is 0 Å². The Morgan fingerprint density at radius 3 is 2.56 bits per heavy atom. The maximum atomic E-state index is 12.8. The first kappa shape index (κ1) is 23.6. The van der Waals surface area contributed by atoms with Crippen LogP contribution < -0.4 is 5.32 Å². The predicted octanol–water partition coefficient (Wildman–Crippen LogP) is 3.76. The standard InChI is InChI=1S/C26H28N4O3S/c1-2-13-30(25(33)20-9-4-3-5-10-20)17-23(31)28-26-27-22(18-34-26)15-24(32)29-14-12-19-8-6-7-11-21(19)16-29/h3-11,18H,2,12-17H2,1H3,(H,27,28,31). The van der Waals surface area contributed by atoms with E-state index in [2.05, 4.69) is 22.4 Å². The number of fused-ring (bicyclic) bond motifs is 1. The molecule has 0 bridgehead atoms. The van der Waals surface area contributed by atoms with Crippen LogP contribution in [0.1, 0.15) is 40.5 Å². The van der Waals surface area contributed by atoms with E-state index >= 15 is 0 Å². The Hall–Kier alpha value is -3.52. The zero-order valence-electron chi connectivity index (χ0n) is 19.2. The predicted molar refractivity (Wildman–Crippen MR) is 133 cm³/mol. The number of amides is 3. The third-order valence-electron chi connectivity index (χ3n) is 5.75. The number of anilines is 1. The summed E-state index contributed by atoms with van der Waals surface area (Å²) in [5.74, 6) is -0.455. The van der Waals surface area contributed by atoms with Crippen molar-refractivity contribution >= 4 is 34.2 Å². The fourth-order valence-corrected chi connectivity index (χ4v) is 4.77. The van der Waals surface area contributed by atoms with Crippen LogP contribution in [-0.4, -0.2) is 52.1 Å². The van der Waals surface area contributed by atoms with Gasteiger partial charge in [0.1, 0.15) is 6.54 Å².